The molecular formula is C14H23BrN2. The minimum Gasteiger partial charge on any atom is -0.311 e. The fraction of sp³-hybridized carbons (Fsp3) is 0.571. The maximum atomic E-state index is 3.50. The van der Waals surface area contributed by atoms with Crippen LogP contribution in [0.25, 0.3) is 0 Å². The summed E-state index contributed by atoms with van der Waals surface area (Å²) in [6.45, 7) is 9.66. The van der Waals surface area contributed by atoms with Gasteiger partial charge in [0.25, 0.3) is 0 Å². The summed E-state index contributed by atoms with van der Waals surface area (Å²) in [6, 6.07) is 8.48. The summed E-state index contributed by atoms with van der Waals surface area (Å²) in [5, 5.41) is 3.50. The van der Waals surface area contributed by atoms with E-state index in [1.54, 1.807) is 0 Å². The van der Waals surface area contributed by atoms with E-state index in [0.717, 1.165) is 24.1 Å². The van der Waals surface area contributed by atoms with Crippen LogP contribution in [-0.2, 0) is 6.54 Å². The summed E-state index contributed by atoms with van der Waals surface area (Å²) in [5.41, 5.74) is 1.55. The van der Waals surface area contributed by atoms with Gasteiger partial charge in [-0.15, -0.1) is 0 Å². The molecule has 0 aliphatic carbocycles. The Morgan fingerprint density at radius 3 is 2.59 bits per heavy atom. The molecule has 0 fully saturated rings. The van der Waals surface area contributed by atoms with Crippen molar-refractivity contribution < 1.29 is 0 Å². The second kappa shape index (κ2) is 6.53. The highest BCUT2D eigenvalue weighted by Gasteiger charge is 2.08. The monoisotopic (exact) mass is 298 g/mol. The first-order chi connectivity index (χ1) is 7.87. The quantitative estimate of drug-likeness (QED) is 0.897. The highest BCUT2D eigenvalue weighted by atomic mass is 79.9. The maximum absolute atomic E-state index is 3.50. The molecule has 1 aromatic carbocycles. The molecule has 0 heterocycles. The maximum Gasteiger partial charge on any atom is 0.0231 e. The summed E-state index contributed by atoms with van der Waals surface area (Å²) in [5.74, 6) is 0. The van der Waals surface area contributed by atoms with Crippen LogP contribution in [0.5, 0.6) is 0 Å². The van der Waals surface area contributed by atoms with Gasteiger partial charge in [-0.1, -0.05) is 28.1 Å². The molecule has 0 aliphatic rings. The average Bonchev–Trinajstić information content (AvgIpc) is 2.15. The van der Waals surface area contributed by atoms with Crippen molar-refractivity contribution in [3.05, 3.63) is 34.3 Å². The predicted molar refractivity (Wildman–Crippen MR) is 78.2 cm³/mol. The Balaban J connectivity index is 2.32. The van der Waals surface area contributed by atoms with Crippen molar-refractivity contribution in [2.75, 3.05) is 20.1 Å². The van der Waals surface area contributed by atoms with Gasteiger partial charge in [-0.25, -0.2) is 0 Å². The van der Waals surface area contributed by atoms with Crippen LogP contribution in [0.1, 0.15) is 26.3 Å². The van der Waals surface area contributed by atoms with Gasteiger partial charge in [0.1, 0.15) is 0 Å². The fourth-order valence-corrected chi connectivity index (χ4v) is 2.09. The third kappa shape index (κ3) is 6.81. The molecule has 1 rings (SSSR count). The molecule has 1 aromatic rings. The molecule has 0 atom stereocenters. The van der Waals surface area contributed by atoms with Crippen molar-refractivity contribution in [1.82, 2.24) is 10.2 Å². The molecule has 0 saturated carbocycles. The van der Waals surface area contributed by atoms with E-state index in [4.69, 9.17) is 0 Å². The first kappa shape index (κ1) is 14.7. The van der Waals surface area contributed by atoms with Gasteiger partial charge in [0.05, 0.1) is 0 Å². The third-order valence-corrected chi connectivity index (χ3v) is 2.98. The van der Waals surface area contributed by atoms with E-state index in [9.17, 15) is 0 Å². The average molecular weight is 299 g/mol. The van der Waals surface area contributed by atoms with Gasteiger partial charge in [0, 0.05) is 29.6 Å². The molecule has 0 bridgehead atoms. The molecule has 96 valence electrons. The van der Waals surface area contributed by atoms with Gasteiger partial charge in [-0.2, -0.15) is 0 Å². The summed E-state index contributed by atoms with van der Waals surface area (Å²) >= 11 is 3.50. The second-order valence-corrected chi connectivity index (χ2v) is 6.46. The highest BCUT2D eigenvalue weighted by molar-refractivity contribution is 9.10. The summed E-state index contributed by atoms with van der Waals surface area (Å²) in [6.07, 6.45) is 0. The number of halogens is 1. The van der Waals surface area contributed by atoms with Crippen LogP contribution in [0.2, 0.25) is 0 Å². The van der Waals surface area contributed by atoms with E-state index in [2.05, 4.69) is 78.2 Å². The van der Waals surface area contributed by atoms with Gasteiger partial charge < -0.3 is 10.2 Å². The van der Waals surface area contributed by atoms with E-state index >= 15 is 0 Å². The Morgan fingerprint density at radius 1 is 1.29 bits per heavy atom. The number of rotatable bonds is 5. The Hall–Kier alpha value is -0.380. The SMILES string of the molecule is CN(CCNC(C)(C)C)Cc1cccc(Br)c1. The number of likely N-dealkylation sites (N-methyl/N-ethyl adjacent to an activating group) is 1. The largest absolute Gasteiger partial charge is 0.311 e. The molecular weight excluding hydrogens is 276 g/mol. The lowest BCUT2D eigenvalue weighted by Crippen LogP contribution is -2.40. The number of hydrogen-bond acceptors (Lipinski definition) is 2. The molecule has 0 radical (unpaired) electrons. The minimum atomic E-state index is 0.205. The lowest BCUT2D eigenvalue weighted by molar-refractivity contribution is 0.303. The minimum absolute atomic E-state index is 0.205. The van der Waals surface area contributed by atoms with Crippen molar-refractivity contribution in [3.8, 4) is 0 Å². The Morgan fingerprint density at radius 2 is 2.00 bits per heavy atom. The predicted octanol–water partition coefficient (Wildman–Crippen LogP) is 3.27. The Labute approximate surface area is 114 Å². The summed E-state index contributed by atoms with van der Waals surface area (Å²) < 4.78 is 1.15. The smallest absolute Gasteiger partial charge is 0.0231 e. The standard InChI is InChI=1S/C14H23BrN2/c1-14(2,3)16-8-9-17(4)11-12-6-5-7-13(15)10-12/h5-7,10,16H,8-9,11H2,1-4H3. The zero-order valence-electron chi connectivity index (χ0n) is 11.3. The molecule has 0 spiro atoms. The van der Waals surface area contributed by atoms with Crippen molar-refractivity contribution in [1.29, 1.82) is 0 Å². The van der Waals surface area contributed by atoms with E-state index in [0.29, 0.717) is 0 Å². The number of nitrogens with zero attached hydrogens (tertiary/aromatic N) is 1. The van der Waals surface area contributed by atoms with Crippen LogP contribution in [-0.4, -0.2) is 30.6 Å². The zero-order valence-corrected chi connectivity index (χ0v) is 12.8. The third-order valence-electron chi connectivity index (χ3n) is 2.49. The van der Waals surface area contributed by atoms with E-state index in [-0.39, 0.29) is 5.54 Å². The molecule has 0 amide bonds. The van der Waals surface area contributed by atoms with Crippen LogP contribution < -0.4 is 5.32 Å². The molecule has 0 unspecified atom stereocenters. The van der Waals surface area contributed by atoms with Crippen LogP contribution in [0.3, 0.4) is 0 Å². The van der Waals surface area contributed by atoms with Gasteiger partial charge >= 0.3 is 0 Å². The van der Waals surface area contributed by atoms with Gasteiger partial charge in [-0.05, 0) is 45.5 Å². The van der Waals surface area contributed by atoms with Gasteiger partial charge in [0.2, 0.25) is 0 Å². The lowest BCUT2D eigenvalue weighted by atomic mass is 10.1. The van der Waals surface area contributed by atoms with Gasteiger partial charge in [-0.3, -0.25) is 0 Å². The molecule has 3 heteroatoms. The molecule has 0 aliphatic heterocycles. The zero-order chi connectivity index (χ0) is 12.9. The van der Waals surface area contributed by atoms with E-state index < -0.39 is 0 Å². The second-order valence-electron chi connectivity index (χ2n) is 5.54. The topological polar surface area (TPSA) is 15.3 Å². The van der Waals surface area contributed by atoms with Crippen LogP contribution in [0.4, 0.5) is 0 Å². The van der Waals surface area contributed by atoms with Crippen molar-refractivity contribution in [2.24, 2.45) is 0 Å². The van der Waals surface area contributed by atoms with E-state index in [1.165, 1.54) is 5.56 Å². The fourth-order valence-electron chi connectivity index (χ4n) is 1.65. The molecule has 0 aromatic heterocycles. The summed E-state index contributed by atoms with van der Waals surface area (Å²) in [7, 11) is 2.16. The van der Waals surface area contributed by atoms with Crippen LogP contribution in [0, 0.1) is 0 Å². The van der Waals surface area contributed by atoms with Crippen molar-refractivity contribution >= 4 is 15.9 Å². The Bertz CT molecular complexity index is 344. The molecule has 2 nitrogen and oxygen atoms in total. The highest BCUT2D eigenvalue weighted by Crippen LogP contribution is 2.12. The first-order valence-electron chi connectivity index (χ1n) is 6.05. The lowest BCUT2D eigenvalue weighted by Gasteiger charge is -2.23. The Kier molecular flexibility index (Phi) is 5.63. The number of benzene rings is 1. The van der Waals surface area contributed by atoms with Gasteiger partial charge in [0.15, 0.2) is 0 Å². The van der Waals surface area contributed by atoms with Crippen LogP contribution in [0.15, 0.2) is 28.7 Å². The van der Waals surface area contributed by atoms with Crippen molar-refractivity contribution in [2.45, 2.75) is 32.9 Å². The molecule has 17 heavy (non-hydrogen) atoms. The van der Waals surface area contributed by atoms with Crippen molar-refractivity contribution in [3.63, 3.8) is 0 Å². The normalized spacial score (nSPS) is 12.1. The van der Waals surface area contributed by atoms with Crippen LogP contribution >= 0.6 is 15.9 Å². The first-order valence-corrected chi connectivity index (χ1v) is 6.84. The molecule has 0 saturated heterocycles. The number of nitrogens with one attached hydrogen (secondary N) is 1. The summed E-state index contributed by atoms with van der Waals surface area (Å²) in [4.78, 5) is 2.33. The molecule has 1 N–H and O–H groups in total. The van der Waals surface area contributed by atoms with E-state index in [1.807, 2.05) is 0 Å². The number of hydrogen-bond donors (Lipinski definition) is 1.